The molecule has 0 aliphatic carbocycles. The summed E-state index contributed by atoms with van der Waals surface area (Å²) >= 11 is 0. The van der Waals surface area contributed by atoms with E-state index in [0.717, 1.165) is 17.5 Å². The van der Waals surface area contributed by atoms with Crippen LogP contribution < -0.4 is 10.2 Å². The molecule has 4 rings (SSSR count). The van der Waals surface area contributed by atoms with Crippen LogP contribution in [-0.4, -0.2) is 34.2 Å². The van der Waals surface area contributed by atoms with Gasteiger partial charge in [0.05, 0.1) is 0 Å². The fraction of sp³-hybridized carbons (Fsp3) is 0.227. The maximum Gasteiger partial charge on any atom is 0.251 e. The number of anilines is 1. The van der Waals surface area contributed by atoms with Crippen molar-refractivity contribution in [2.45, 2.75) is 18.9 Å². The van der Waals surface area contributed by atoms with E-state index in [9.17, 15) is 9.59 Å². The van der Waals surface area contributed by atoms with E-state index in [4.69, 9.17) is 0 Å². The van der Waals surface area contributed by atoms with Crippen molar-refractivity contribution >= 4 is 17.6 Å². The molecule has 1 saturated heterocycles. The van der Waals surface area contributed by atoms with E-state index in [0.29, 0.717) is 24.3 Å². The molecular weight excluding hydrogens is 352 g/mol. The molecule has 28 heavy (non-hydrogen) atoms. The second-order valence-corrected chi connectivity index (χ2v) is 6.95. The highest BCUT2D eigenvalue weighted by atomic mass is 16.2. The van der Waals surface area contributed by atoms with E-state index >= 15 is 0 Å². The van der Waals surface area contributed by atoms with Crippen molar-refractivity contribution in [1.82, 2.24) is 15.1 Å². The minimum absolute atomic E-state index is 0.112. The molecule has 2 amide bonds. The molecule has 6 nitrogen and oxygen atoms in total. The number of hydrogen-bond donors (Lipinski definition) is 1. The van der Waals surface area contributed by atoms with Crippen LogP contribution in [0.5, 0.6) is 0 Å². The largest absolute Gasteiger partial charge is 0.340 e. The van der Waals surface area contributed by atoms with Crippen molar-refractivity contribution in [3.63, 3.8) is 0 Å². The zero-order chi connectivity index (χ0) is 19.5. The third-order valence-electron chi connectivity index (χ3n) is 4.97. The SMILES string of the molecule is Cn1ccc(N2CCCC(NC(=O)c3ccc(-c4ccccc4)cc3)C2=O)n1. The van der Waals surface area contributed by atoms with Gasteiger partial charge in [-0.15, -0.1) is 0 Å². The van der Waals surface area contributed by atoms with Crippen LogP contribution in [0.4, 0.5) is 5.82 Å². The summed E-state index contributed by atoms with van der Waals surface area (Å²) in [5.41, 5.74) is 2.69. The van der Waals surface area contributed by atoms with Gasteiger partial charge in [0.2, 0.25) is 0 Å². The summed E-state index contributed by atoms with van der Waals surface area (Å²) in [6.45, 7) is 0.619. The monoisotopic (exact) mass is 374 g/mol. The van der Waals surface area contributed by atoms with E-state index in [1.807, 2.05) is 55.6 Å². The van der Waals surface area contributed by atoms with Gasteiger partial charge in [-0.25, -0.2) is 0 Å². The lowest BCUT2D eigenvalue weighted by molar-refractivity contribution is -0.121. The van der Waals surface area contributed by atoms with Crippen LogP contribution in [0.1, 0.15) is 23.2 Å². The van der Waals surface area contributed by atoms with Gasteiger partial charge in [0.1, 0.15) is 6.04 Å². The van der Waals surface area contributed by atoms with Crippen LogP contribution in [0, 0.1) is 0 Å². The topological polar surface area (TPSA) is 67.2 Å². The average molecular weight is 374 g/mol. The Morgan fingerprint density at radius 1 is 1.04 bits per heavy atom. The van der Waals surface area contributed by atoms with Gasteiger partial charge in [-0.2, -0.15) is 5.10 Å². The van der Waals surface area contributed by atoms with Gasteiger partial charge in [-0.05, 0) is 36.1 Å². The number of piperidine rings is 1. The van der Waals surface area contributed by atoms with Gasteiger partial charge in [0.25, 0.3) is 11.8 Å². The van der Waals surface area contributed by atoms with Crippen molar-refractivity contribution in [3.8, 4) is 11.1 Å². The molecule has 1 fully saturated rings. The first-order chi connectivity index (χ1) is 13.6. The number of aryl methyl sites for hydroxylation is 1. The van der Waals surface area contributed by atoms with Crippen molar-refractivity contribution in [2.24, 2.45) is 7.05 Å². The summed E-state index contributed by atoms with van der Waals surface area (Å²) in [5.74, 6) is 0.277. The van der Waals surface area contributed by atoms with Gasteiger partial charge in [0, 0.05) is 31.4 Å². The van der Waals surface area contributed by atoms with Crippen LogP contribution in [0.3, 0.4) is 0 Å². The predicted octanol–water partition coefficient (Wildman–Crippen LogP) is 3.01. The lowest BCUT2D eigenvalue weighted by Gasteiger charge is -2.31. The number of amides is 2. The number of carbonyl (C=O) groups excluding carboxylic acids is 2. The number of hydrogen-bond acceptors (Lipinski definition) is 3. The fourth-order valence-electron chi connectivity index (χ4n) is 3.47. The number of nitrogens with zero attached hydrogens (tertiary/aromatic N) is 3. The molecule has 3 aromatic rings. The highest BCUT2D eigenvalue weighted by molar-refractivity contribution is 6.02. The molecule has 142 valence electrons. The smallest absolute Gasteiger partial charge is 0.251 e. The summed E-state index contributed by atoms with van der Waals surface area (Å²) in [7, 11) is 1.82. The van der Waals surface area contributed by atoms with Gasteiger partial charge in [0.15, 0.2) is 5.82 Å². The number of benzene rings is 2. The molecule has 1 aliphatic heterocycles. The normalized spacial score (nSPS) is 16.8. The zero-order valence-corrected chi connectivity index (χ0v) is 15.7. The Kier molecular flexibility index (Phi) is 4.93. The van der Waals surface area contributed by atoms with Crippen LogP contribution >= 0.6 is 0 Å². The number of rotatable bonds is 4. The standard InChI is InChI=1S/C22H22N4O2/c1-25-15-13-20(24-25)26-14-5-8-19(22(26)28)23-21(27)18-11-9-17(10-12-18)16-6-3-2-4-7-16/h2-4,6-7,9-13,15,19H,5,8,14H2,1H3,(H,23,27). The average Bonchev–Trinajstić information content (AvgIpc) is 3.16. The molecule has 0 saturated carbocycles. The number of nitrogens with one attached hydrogen (secondary N) is 1. The highest BCUT2D eigenvalue weighted by Gasteiger charge is 2.32. The first kappa shape index (κ1) is 18.0. The maximum atomic E-state index is 12.8. The summed E-state index contributed by atoms with van der Waals surface area (Å²) in [5, 5.41) is 7.19. The van der Waals surface area contributed by atoms with Crippen molar-refractivity contribution in [2.75, 3.05) is 11.4 Å². The second kappa shape index (κ2) is 7.68. The highest BCUT2D eigenvalue weighted by Crippen LogP contribution is 2.21. The summed E-state index contributed by atoms with van der Waals surface area (Å²) < 4.78 is 1.67. The Labute approximate surface area is 163 Å². The summed E-state index contributed by atoms with van der Waals surface area (Å²) in [6, 6.07) is 18.7. The summed E-state index contributed by atoms with van der Waals surface area (Å²) in [6.07, 6.45) is 3.26. The first-order valence-corrected chi connectivity index (χ1v) is 9.39. The minimum Gasteiger partial charge on any atom is -0.340 e. The zero-order valence-electron chi connectivity index (χ0n) is 15.7. The van der Waals surface area contributed by atoms with Gasteiger partial charge in [-0.1, -0.05) is 42.5 Å². The van der Waals surface area contributed by atoms with Gasteiger partial charge >= 0.3 is 0 Å². The first-order valence-electron chi connectivity index (χ1n) is 9.39. The molecule has 6 heteroatoms. The molecule has 0 radical (unpaired) electrons. The molecule has 1 N–H and O–H groups in total. The van der Waals surface area contributed by atoms with E-state index in [1.165, 1.54) is 0 Å². The molecular formula is C22H22N4O2. The lowest BCUT2D eigenvalue weighted by Crippen LogP contribution is -2.52. The number of carbonyl (C=O) groups is 2. The van der Waals surface area contributed by atoms with E-state index < -0.39 is 6.04 Å². The molecule has 0 spiro atoms. The van der Waals surface area contributed by atoms with Crippen molar-refractivity contribution in [3.05, 3.63) is 72.4 Å². The molecule has 1 aliphatic rings. The molecule has 2 heterocycles. The van der Waals surface area contributed by atoms with Crippen molar-refractivity contribution < 1.29 is 9.59 Å². The molecule has 1 unspecified atom stereocenters. The third-order valence-corrected chi connectivity index (χ3v) is 4.97. The van der Waals surface area contributed by atoms with Crippen LogP contribution in [0.2, 0.25) is 0 Å². The Hall–Kier alpha value is -3.41. The lowest BCUT2D eigenvalue weighted by atomic mass is 10.0. The van der Waals surface area contributed by atoms with E-state index in [-0.39, 0.29) is 11.8 Å². The van der Waals surface area contributed by atoms with Crippen LogP contribution in [-0.2, 0) is 11.8 Å². The minimum atomic E-state index is -0.531. The quantitative estimate of drug-likeness (QED) is 0.763. The Morgan fingerprint density at radius 2 is 1.75 bits per heavy atom. The molecule has 1 aromatic heterocycles. The van der Waals surface area contributed by atoms with Gasteiger partial charge < -0.3 is 5.32 Å². The molecule has 0 bridgehead atoms. The third kappa shape index (κ3) is 3.67. The molecule has 2 aromatic carbocycles. The second-order valence-electron chi connectivity index (χ2n) is 6.95. The van der Waals surface area contributed by atoms with Crippen LogP contribution in [0.25, 0.3) is 11.1 Å². The molecule has 1 atom stereocenters. The predicted molar refractivity (Wildman–Crippen MR) is 108 cm³/mol. The van der Waals surface area contributed by atoms with E-state index in [1.54, 1.807) is 27.9 Å². The van der Waals surface area contributed by atoms with Gasteiger partial charge in [-0.3, -0.25) is 19.2 Å². The fourth-order valence-corrected chi connectivity index (χ4v) is 3.47. The van der Waals surface area contributed by atoms with E-state index in [2.05, 4.69) is 10.4 Å². The number of aromatic nitrogens is 2. The summed E-state index contributed by atoms with van der Waals surface area (Å²) in [4.78, 5) is 27.1. The Balaban J connectivity index is 1.45. The van der Waals surface area contributed by atoms with Crippen LogP contribution in [0.15, 0.2) is 66.9 Å². The maximum absolute atomic E-state index is 12.8. The Morgan fingerprint density at radius 3 is 2.43 bits per heavy atom. The Bertz CT molecular complexity index is 979. The van der Waals surface area contributed by atoms with Crippen molar-refractivity contribution in [1.29, 1.82) is 0 Å².